The zero-order valence-corrected chi connectivity index (χ0v) is 19.8. The second-order valence-corrected chi connectivity index (χ2v) is 9.27. The van der Waals surface area contributed by atoms with Crippen LogP contribution in [0.5, 0.6) is 0 Å². The molecule has 0 fully saturated rings. The highest BCUT2D eigenvalue weighted by Crippen LogP contribution is 2.37. The van der Waals surface area contributed by atoms with Crippen molar-refractivity contribution in [3.05, 3.63) is 100 Å². The summed E-state index contributed by atoms with van der Waals surface area (Å²) in [6.07, 6.45) is 4.87. The van der Waals surface area contributed by atoms with Gasteiger partial charge in [-0.15, -0.1) is 0 Å². The maximum Gasteiger partial charge on any atom is 0.158 e. The standard InChI is InChI=1S/C27H21Cl2N5/c28-19-14-12-18(13-15-19)26-24-25(33-34(26)23-11-4-3-9-21(23)29)27(31-16-30-24)32-22-10-5-7-17-6-1-2-8-20(17)22/h1-4,6,8-9,11-16,22H,5,7,10H2,(H,30,31,32). The molecule has 3 aromatic carbocycles. The number of halogens is 2. The quantitative estimate of drug-likeness (QED) is 0.290. The van der Waals surface area contributed by atoms with Gasteiger partial charge in [-0.3, -0.25) is 0 Å². The van der Waals surface area contributed by atoms with Crippen LogP contribution in [0.25, 0.3) is 28.0 Å². The topological polar surface area (TPSA) is 55.6 Å². The summed E-state index contributed by atoms with van der Waals surface area (Å²) in [6.45, 7) is 0. The Morgan fingerprint density at radius 1 is 0.853 bits per heavy atom. The van der Waals surface area contributed by atoms with Crippen LogP contribution < -0.4 is 5.32 Å². The lowest BCUT2D eigenvalue weighted by Gasteiger charge is -2.26. The number of hydrogen-bond donors (Lipinski definition) is 1. The maximum absolute atomic E-state index is 6.59. The van der Waals surface area contributed by atoms with Crippen molar-refractivity contribution in [3.8, 4) is 16.9 Å². The number of aryl methyl sites for hydroxylation is 1. The van der Waals surface area contributed by atoms with Crippen molar-refractivity contribution in [3.63, 3.8) is 0 Å². The number of nitrogens with zero attached hydrogens (tertiary/aromatic N) is 4. The number of hydrogen-bond acceptors (Lipinski definition) is 4. The summed E-state index contributed by atoms with van der Waals surface area (Å²) in [7, 11) is 0. The molecule has 0 spiro atoms. The molecule has 0 aliphatic heterocycles. The summed E-state index contributed by atoms with van der Waals surface area (Å²) in [5.41, 5.74) is 6.73. The lowest BCUT2D eigenvalue weighted by Crippen LogP contribution is -2.18. The highest BCUT2D eigenvalue weighted by Gasteiger charge is 2.24. The molecule has 1 aliphatic rings. The summed E-state index contributed by atoms with van der Waals surface area (Å²) >= 11 is 12.8. The number of para-hydroxylation sites is 1. The molecule has 0 radical (unpaired) electrons. The van der Waals surface area contributed by atoms with E-state index in [0.717, 1.165) is 41.7 Å². The van der Waals surface area contributed by atoms with Gasteiger partial charge in [-0.05, 0) is 54.7 Å². The molecule has 2 aromatic heterocycles. The van der Waals surface area contributed by atoms with Crippen LogP contribution in [0.2, 0.25) is 10.0 Å². The lowest BCUT2D eigenvalue weighted by molar-refractivity contribution is 0.599. The monoisotopic (exact) mass is 485 g/mol. The molecule has 1 aliphatic carbocycles. The van der Waals surface area contributed by atoms with E-state index in [1.54, 1.807) is 6.33 Å². The Balaban J connectivity index is 1.53. The number of fused-ring (bicyclic) bond motifs is 2. The van der Waals surface area contributed by atoms with Crippen LogP contribution in [0.15, 0.2) is 79.1 Å². The highest BCUT2D eigenvalue weighted by atomic mass is 35.5. The molecular formula is C27H21Cl2N5. The molecule has 5 nitrogen and oxygen atoms in total. The first-order valence-electron chi connectivity index (χ1n) is 11.3. The van der Waals surface area contributed by atoms with Gasteiger partial charge in [0.05, 0.1) is 16.8 Å². The summed E-state index contributed by atoms with van der Waals surface area (Å²) in [5.74, 6) is 0.715. The normalized spacial score (nSPS) is 15.3. The average Bonchev–Trinajstić information content (AvgIpc) is 3.25. The van der Waals surface area contributed by atoms with Crippen LogP contribution in [-0.2, 0) is 6.42 Å². The fourth-order valence-corrected chi connectivity index (χ4v) is 5.08. The first-order valence-corrected chi connectivity index (χ1v) is 12.0. The number of nitrogens with one attached hydrogen (secondary N) is 1. The fraction of sp³-hybridized carbons (Fsp3) is 0.148. The van der Waals surface area contributed by atoms with Crippen LogP contribution >= 0.6 is 23.2 Å². The minimum Gasteiger partial charge on any atom is -0.361 e. The molecule has 6 rings (SSSR count). The number of anilines is 1. The molecule has 0 bridgehead atoms. The van der Waals surface area contributed by atoms with Crippen molar-refractivity contribution in [2.75, 3.05) is 5.32 Å². The minimum atomic E-state index is 0.174. The smallest absolute Gasteiger partial charge is 0.158 e. The molecule has 2 heterocycles. The van der Waals surface area contributed by atoms with Crippen LogP contribution in [0.3, 0.4) is 0 Å². The highest BCUT2D eigenvalue weighted by molar-refractivity contribution is 6.32. The van der Waals surface area contributed by atoms with Gasteiger partial charge in [-0.25, -0.2) is 14.6 Å². The zero-order valence-electron chi connectivity index (χ0n) is 18.2. The van der Waals surface area contributed by atoms with E-state index >= 15 is 0 Å². The predicted octanol–water partition coefficient (Wildman–Crippen LogP) is 7.28. The third-order valence-electron chi connectivity index (χ3n) is 6.34. The first-order chi connectivity index (χ1) is 16.7. The number of benzene rings is 3. The Labute approximate surface area is 207 Å². The molecule has 34 heavy (non-hydrogen) atoms. The molecule has 0 saturated heterocycles. The van der Waals surface area contributed by atoms with E-state index < -0.39 is 0 Å². The largest absolute Gasteiger partial charge is 0.361 e. The second kappa shape index (κ2) is 8.75. The summed E-state index contributed by atoms with van der Waals surface area (Å²) in [6, 6.07) is 24.1. The van der Waals surface area contributed by atoms with Crippen molar-refractivity contribution < 1.29 is 0 Å². The molecule has 5 aromatic rings. The van der Waals surface area contributed by atoms with E-state index in [1.165, 1.54) is 11.1 Å². The second-order valence-electron chi connectivity index (χ2n) is 8.43. The van der Waals surface area contributed by atoms with E-state index in [0.29, 0.717) is 21.4 Å². The molecule has 0 amide bonds. The van der Waals surface area contributed by atoms with Crippen molar-refractivity contribution >= 4 is 40.1 Å². The van der Waals surface area contributed by atoms with E-state index in [9.17, 15) is 0 Å². The summed E-state index contributed by atoms with van der Waals surface area (Å²) < 4.78 is 1.85. The van der Waals surface area contributed by atoms with E-state index in [1.807, 2.05) is 53.2 Å². The van der Waals surface area contributed by atoms with Gasteiger partial charge in [0.1, 0.15) is 17.5 Å². The Kier molecular flexibility index (Phi) is 5.44. The van der Waals surface area contributed by atoms with Gasteiger partial charge < -0.3 is 5.32 Å². The zero-order chi connectivity index (χ0) is 23.1. The van der Waals surface area contributed by atoms with Gasteiger partial charge in [-0.2, -0.15) is 5.10 Å². The molecule has 1 unspecified atom stereocenters. The van der Waals surface area contributed by atoms with E-state index in [2.05, 4.69) is 39.6 Å². The molecule has 0 saturated carbocycles. The first kappa shape index (κ1) is 21.1. The Bertz CT molecular complexity index is 1490. The average molecular weight is 486 g/mol. The van der Waals surface area contributed by atoms with Crippen LogP contribution in [0.4, 0.5) is 5.82 Å². The molecular weight excluding hydrogens is 465 g/mol. The third-order valence-corrected chi connectivity index (χ3v) is 6.91. The fourth-order valence-electron chi connectivity index (χ4n) is 4.74. The number of aromatic nitrogens is 4. The Morgan fingerprint density at radius 3 is 2.50 bits per heavy atom. The van der Waals surface area contributed by atoms with Gasteiger partial charge >= 0.3 is 0 Å². The van der Waals surface area contributed by atoms with Gasteiger partial charge in [-0.1, -0.05) is 71.7 Å². The van der Waals surface area contributed by atoms with Gasteiger partial charge in [0.25, 0.3) is 0 Å². The molecule has 1 atom stereocenters. The van der Waals surface area contributed by atoms with Crippen LogP contribution in [0.1, 0.15) is 30.0 Å². The van der Waals surface area contributed by atoms with Gasteiger partial charge in [0.2, 0.25) is 0 Å². The summed E-state index contributed by atoms with van der Waals surface area (Å²) in [5, 5.41) is 9.92. The molecule has 7 heteroatoms. The Morgan fingerprint density at radius 2 is 1.65 bits per heavy atom. The van der Waals surface area contributed by atoms with Crippen molar-refractivity contribution in [1.29, 1.82) is 0 Å². The predicted molar refractivity (Wildman–Crippen MR) is 138 cm³/mol. The molecule has 168 valence electrons. The van der Waals surface area contributed by atoms with Gasteiger partial charge in [0, 0.05) is 10.6 Å². The maximum atomic E-state index is 6.59. The SMILES string of the molecule is Clc1ccc(-c2c3ncnc(NC4CCCc5ccccc54)c3nn2-c2ccccc2Cl)cc1. The Hall–Kier alpha value is -3.41. The van der Waals surface area contributed by atoms with Crippen molar-refractivity contribution in [2.45, 2.75) is 25.3 Å². The minimum absolute atomic E-state index is 0.174. The van der Waals surface area contributed by atoms with Crippen LogP contribution in [0, 0.1) is 0 Å². The van der Waals surface area contributed by atoms with Crippen LogP contribution in [-0.4, -0.2) is 19.7 Å². The lowest BCUT2D eigenvalue weighted by atomic mass is 9.88. The van der Waals surface area contributed by atoms with Gasteiger partial charge in [0.15, 0.2) is 11.3 Å². The van der Waals surface area contributed by atoms with E-state index in [-0.39, 0.29) is 6.04 Å². The summed E-state index contributed by atoms with van der Waals surface area (Å²) in [4.78, 5) is 9.24. The third kappa shape index (κ3) is 3.71. The molecule has 1 N–H and O–H groups in total. The van der Waals surface area contributed by atoms with E-state index in [4.69, 9.17) is 28.3 Å². The van der Waals surface area contributed by atoms with Crippen molar-refractivity contribution in [1.82, 2.24) is 19.7 Å². The number of rotatable bonds is 4. The van der Waals surface area contributed by atoms with Crippen molar-refractivity contribution in [2.24, 2.45) is 0 Å².